The van der Waals surface area contributed by atoms with E-state index in [9.17, 15) is 18.0 Å². The summed E-state index contributed by atoms with van der Waals surface area (Å²) in [7, 11) is 0. The van der Waals surface area contributed by atoms with E-state index in [-0.39, 0.29) is 12.2 Å². The van der Waals surface area contributed by atoms with Crippen LogP contribution in [0.15, 0.2) is 24.3 Å². The van der Waals surface area contributed by atoms with E-state index in [4.69, 9.17) is 4.74 Å². The van der Waals surface area contributed by atoms with Crippen molar-refractivity contribution in [2.75, 3.05) is 6.61 Å². The fraction of sp³-hybridized carbons (Fsp3) is 0.462. The third-order valence-electron chi connectivity index (χ3n) is 3.02. The first-order valence-electron chi connectivity index (χ1n) is 5.81. The number of alkyl halides is 3. The lowest BCUT2D eigenvalue weighted by Gasteiger charge is -2.17. The largest absolute Gasteiger partial charge is 0.464 e. The van der Waals surface area contributed by atoms with Gasteiger partial charge in [0.1, 0.15) is 0 Å². The molecule has 1 aliphatic heterocycles. The Morgan fingerprint density at radius 3 is 2.42 bits per heavy atom. The molecule has 0 aliphatic carbocycles. The molecule has 0 bridgehead atoms. The van der Waals surface area contributed by atoms with Gasteiger partial charge in [-0.05, 0) is 19.4 Å². The fourth-order valence-electron chi connectivity index (χ4n) is 1.98. The van der Waals surface area contributed by atoms with E-state index in [1.54, 1.807) is 19.1 Å². The zero-order valence-electron chi connectivity index (χ0n) is 10.5. The van der Waals surface area contributed by atoms with Gasteiger partial charge in [-0.25, -0.2) is 4.79 Å². The number of aryl methyl sites for hydroxylation is 1. The number of esters is 1. The molecule has 0 N–H and O–H groups in total. The topological polar surface area (TPSA) is 38.8 Å². The van der Waals surface area contributed by atoms with Gasteiger partial charge >= 0.3 is 12.1 Å². The standard InChI is InChI=1S/C13H13F3O3/c1-3-18-11(17)10-12(19-10,13(14,15)16)9-6-4-8(2)5-7-9/h4-7,10H,3H2,1-2H3. The highest BCUT2D eigenvalue weighted by atomic mass is 19.4. The Kier molecular flexibility index (Phi) is 3.30. The Labute approximate surface area is 108 Å². The van der Waals surface area contributed by atoms with E-state index >= 15 is 0 Å². The molecule has 1 aromatic rings. The fourth-order valence-corrected chi connectivity index (χ4v) is 1.98. The second-order valence-electron chi connectivity index (χ2n) is 4.35. The molecule has 3 nitrogen and oxygen atoms in total. The van der Waals surface area contributed by atoms with Crippen LogP contribution < -0.4 is 0 Å². The van der Waals surface area contributed by atoms with Crippen LogP contribution >= 0.6 is 0 Å². The summed E-state index contributed by atoms with van der Waals surface area (Å²) in [6.45, 7) is 3.31. The summed E-state index contributed by atoms with van der Waals surface area (Å²) < 4.78 is 48.9. The summed E-state index contributed by atoms with van der Waals surface area (Å²) in [4.78, 5) is 11.5. The number of halogens is 3. The first-order chi connectivity index (χ1) is 8.83. The first kappa shape index (κ1) is 13.9. The molecule has 0 radical (unpaired) electrons. The Bertz CT molecular complexity index is 481. The van der Waals surface area contributed by atoms with E-state index in [0.717, 1.165) is 5.56 Å². The number of rotatable bonds is 3. The zero-order chi connectivity index (χ0) is 14.3. The highest BCUT2D eigenvalue weighted by molar-refractivity contribution is 5.80. The van der Waals surface area contributed by atoms with Crippen LogP contribution in [-0.4, -0.2) is 24.9 Å². The second kappa shape index (κ2) is 4.52. The van der Waals surface area contributed by atoms with Crippen molar-refractivity contribution in [3.63, 3.8) is 0 Å². The predicted octanol–water partition coefficient (Wildman–Crippen LogP) is 2.71. The van der Waals surface area contributed by atoms with Gasteiger partial charge in [0.15, 0.2) is 6.10 Å². The smallest absolute Gasteiger partial charge is 0.424 e. The molecule has 1 fully saturated rings. The summed E-state index contributed by atoms with van der Waals surface area (Å²) in [5.41, 5.74) is -1.81. The predicted molar refractivity (Wildman–Crippen MR) is 60.4 cm³/mol. The summed E-state index contributed by atoms with van der Waals surface area (Å²) in [6.07, 6.45) is -6.28. The van der Waals surface area contributed by atoms with Crippen molar-refractivity contribution in [2.45, 2.75) is 31.7 Å². The van der Waals surface area contributed by atoms with Gasteiger partial charge in [-0.1, -0.05) is 29.8 Å². The van der Waals surface area contributed by atoms with Crippen molar-refractivity contribution in [3.05, 3.63) is 35.4 Å². The second-order valence-corrected chi connectivity index (χ2v) is 4.35. The van der Waals surface area contributed by atoms with Crippen molar-refractivity contribution in [3.8, 4) is 0 Å². The molecule has 0 spiro atoms. The van der Waals surface area contributed by atoms with E-state index in [1.807, 2.05) is 0 Å². The van der Waals surface area contributed by atoms with E-state index < -0.39 is 23.9 Å². The van der Waals surface area contributed by atoms with Crippen LogP contribution in [0.1, 0.15) is 18.1 Å². The van der Waals surface area contributed by atoms with Gasteiger partial charge in [-0.3, -0.25) is 0 Å². The van der Waals surface area contributed by atoms with Gasteiger partial charge in [0.05, 0.1) is 6.61 Å². The van der Waals surface area contributed by atoms with Gasteiger partial charge in [0.25, 0.3) is 0 Å². The minimum absolute atomic E-state index is 0.0144. The molecule has 2 atom stereocenters. The third-order valence-corrected chi connectivity index (χ3v) is 3.02. The van der Waals surface area contributed by atoms with Gasteiger partial charge in [0.2, 0.25) is 5.60 Å². The SMILES string of the molecule is CCOC(=O)C1OC1(c1ccc(C)cc1)C(F)(F)F. The van der Waals surface area contributed by atoms with Crippen molar-refractivity contribution < 1.29 is 27.4 Å². The molecule has 2 rings (SSSR count). The first-order valence-corrected chi connectivity index (χ1v) is 5.81. The Morgan fingerprint density at radius 2 is 1.95 bits per heavy atom. The number of hydrogen-bond acceptors (Lipinski definition) is 3. The van der Waals surface area contributed by atoms with Crippen LogP contribution in [-0.2, 0) is 19.9 Å². The summed E-state index contributed by atoms with van der Waals surface area (Å²) in [5.74, 6) is -0.986. The van der Waals surface area contributed by atoms with E-state index in [0.29, 0.717) is 0 Å². The van der Waals surface area contributed by atoms with Crippen molar-refractivity contribution in [2.24, 2.45) is 0 Å². The molecular weight excluding hydrogens is 261 g/mol. The molecule has 0 amide bonds. The van der Waals surface area contributed by atoms with Gasteiger partial charge in [-0.15, -0.1) is 0 Å². The molecular formula is C13H13F3O3. The van der Waals surface area contributed by atoms with Crippen LogP contribution in [0.2, 0.25) is 0 Å². The molecule has 1 aliphatic rings. The number of hydrogen-bond donors (Lipinski definition) is 0. The maximum atomic E-state index is 13.2. The average molecular weight is 274 g/mol. The number of benzene rings is 1. The Hall–Kier alpha value is -1.56. The van der Waals surface area contributed by atoms with Crippen LogP contribution in [0.25, 0.3) is 0 Å². The lowest BCUT2D eigenvalue weighted by molar-refractivity contribution is -0.188. The third kappa shape index (κ3) is 2.20. The molecule has 19 heavy (non-hydrogen) atoms. The molecule has 0 saturated carbocycles. The molecule has 1 heterocycles. The normalized spacial score (nSPS) is 26.1. The number of carbonyl (C=O) groups excluding carboxylic acids is 1. The number of epoxide rings is 1. The maximum absolute atomic E-state index is 13.2. The highest BCUT2D eigenvalue weighted by Gasteiger charge is 2.77. The zero-order valence-corrected chi connectivity index (χ0v) is 10.5. The van der Waals surface area contributed by atoms with E-state index in [2.05, 4.69) is 4.74 Å². The highest BCUT2D eigenvalue weighted by Crippen LogP contribution is 2.57. The summed E-state index contributed by atoms with van der Waals surface area (Å²) >= 11 is 0. The average Bonchev–Trinajstić information content (AvgIpc) is 3.06. The lowest BCUT2D eigenvalue weighted by atomic mass is 9.94. The van der Waals surface area contributed by atoms with Gasteiger partial charge in [-0.2, -0.15) is 13.2 Å². The van der Waals surface area contributed by atoms with Crippen LogP contribution in [0, 0.1) is 6.92 Å². The minimum atomic E-state index is -4.67. The lowest BCUT2D eigenvalue weighted by Crippen LogP contribution is -2.35. The van der Waals surface area contributed by atoms with Crippen molar-refractivity contribution in [1.29, 1.82) is 0 Å². The monoisotopic (exact) mass is 274 g/mol. The van der Waals surface area contributed by atoms with Gasteiger partial charge < -0.3 is 9.47 Å². The van der Waals surface area contributed by atoms with Crippen molar-refractivity contribution >= 4 is 5.97 Å². The molecule has 104 valence electrons. The van der Waals surface area contributed by atoms with Crippen LogP contribution in [0.3, 0.4) is 0 Å². The summed E-state index contributed by atoms with van der Waals surface area (Å²) in [6, 6.07) is 5.74. The molecule has 2 unspecified atom stereocenters. The van der Waals surface area contributed by atoms with E-state index in [1.165, 1.54) is 19.1 Å². The van der Waals surface area contributed by atoms with Crippen LogP contribution in [0.4, 0.5) is 13.2 Å². The van der Waals surface area contributed by atoms with Gasteiger partial charge in [0, 0.05) is 0 Å². The minimum Gasteiger partial charge on any atom is -0.464 e. The maximum Gasteiger partial charge on any atom is 0.424 e. The van der Waals surface area contributed by atoms with Crippen LogP contribution in [0.5, 0.6) is 0 Å². The Morgan fingerprint density at radius 1 is 1.37 bits per heavy atom. The molecule has 6 heteroatoms. The molecule has 1 aromatic carbocycles. The summed E-state index contributed by atoms with van der Waals surface area (Å²) in [5, 5.41) is 0. The number of ether oxygens (including phenoxy) is 2. The Balaban J connectivity index is 2.35. The molecule has 0 aromatic heterocycles. The number of carbonyl (C=O) groups is 1. The van der Waals surface area contributed by atoms with Crippen molar-refractivity contribution in [1.82, 2.24) is 0 Å². The molecule has 1 saturated heterocycles. The quantitative estimate of drug-likeness (QED) is 0.628.